The second-order valence-corrected chi connectivity index (χ2v) is 7.58. The van der Waals surface area contributed by atoms with Crippen molar-refractivity contribution in [2.24, 2.45) is 0 Å². The van der Waals surface area contributed by atoms with E-state index in [2.05, 4.69) is 15.4 Å². The van der Waals surface area contributed by atoms with E-state index in [1.54, 1.807) is 24.0 Å². The summed E-state index contributed by atoms with van der Waals surface area (Å²) in [5.41, 5.74) is 3.39. The summed E-state index contributed by atoms with van der Waals surface area (Å²) in [4.78, 5) is 16.8. The molecule has 31 heavy (non-hydrogen) atoms. The van der Waals surface area contributed by atoms with E-state index in [9.17, 15) is 4.79 Å². The van der Waals surface area contributed by atoms with Crippen molar-refractivity contribution in [2.45, 2.75) is 11.9 Å². The summed E-state index contributed by atoms with van der Waals surface area (Å²) in [5, 5.41) is 8.27. The Morgan fingerprint density at radius 3 is 2.55 bits per heavy atom. The van der Waals surface area contributed by atoms with Gasteiger partial charge in [0.15, 0.2) is 0 Å². The van der Waals surface area contributed by atoms with Crippen LogP contribution in [-0.2, 0) is 4.79 Å². The van der Waals surface area contributed by atoms with Crippen molar-refractivity contribution in [3.63, 3.8) is 0 Å². The maximum absolute atomic E-state index is 12.4. The van der Waals surface area contributed by atoms with Crippen LogP contribution in [0.3, 0.4) is 0 Å². The molecule has 1 amide bonds. The predicted molar refractivity (Wildman–Crippen MR) is 122 cm³/mol. The zero-order chi connectivity index (χ0) is 21.6. The van der Waals surface area contributed by atoms with E-state index in [1.165, 1.54) is 11.8 Å². The molecule has 4 aromatic rings. The third-order valence-corrected chi connectivity index (χ3v) is 5.52. The molecule has 2 aromatic heterocycles. The molecule has 2 aromatic carbocycles. The lowest BCUT2D eigenvalue weighted by Crippen LogP contribution is -2.14. The largest absolute Gasteiger partial charge is 0.497 e. The number of ether oxygens (including phenoxy) is 2. The number of nitrogens with one attached hydrogen (secondary N) is 1. The Morgan fingerprint density at radius 1 is 1.10 bits per heavy atom. The fourth-order valence-electron chi connectivity index (χ4n) is 3.04. The minimum Gasteiger partial charge on any atom is -0.497 e. The van der Waals surface area contributed by atoms with E-state index in [4.69, 9.17) is 9.47 Å². The van der Waals surface area contributed by atoms with Crippen molar-refractivity contribution in [1.29, 1.82) is 0 Å². The second-order valence-electron chi connectivity index (χ2n) is 6.61. The Bertz CT molecular complexity index is 1170. The lowest BCUT2D eigenvalue weighted by atomic mass is 10.1. The number of benzene rings is 2. The number of aromatic nitrogens is 3. The number of methoxy groups -OCH3 is 1. The third kappa shape index (κ3) is 4.97. The van der Waals surface area contributed by atoms with Crippen molar-refractivity contribution in [3.05, 3.63) is 67.0 Å². The lowest BCUT2D eigenvalue weighted by molar-refractivity contribution is -0.113. The number of rotatable bonds is 8. The van der Waals surface area contributed by atoms with Crippen molar-refractivity contribution in [2.75, 3.05) is 24.8 Å². The maximum Gasteiger partial charge on any atom is 0.234 e. The molecule has 0 fully saturated rings. The molecule has 0 radical (unpaired) electrons. The quantitative estimate of drug-likeness (QED) is 0.411. The molecule has 0 spiro atoms. The highest BCUT2D eigenvalue weighted by Gasteiger charge is 2.12. The normalized spacial score (nSPS) is 10.8. The predicted octanol–water partition coefficient (Wildman–Crippen LogP) is 4.53. The van der Waals surface area contributed by atoms with Gasteiger partial charge in [-0.3, -0.25) is 4.79 Å². The monoisotopic (exact) mass is 434 g/mol. The van der Waals surface area contributed by atoms with E-state index in [0.717, 1.165) is 39.0 Å². The van der Waals surface area contributed by atoms with Crippen LogP contribution in [0.15, 0.2) is 72.0 Å². The highest BCUT2D eigenvalue weighted by Crippen LogP contribution is 2.27. The first-order chi connectivity index (χ1) is 15.2. The number of amides is 1. The van der Waals surface area contributed by atoms with Gasteiger partial charge in [0.05, 0.1) is 30.7 Å². The van der Waals surface area contributed by atoms with Crippen molar-refractivity contribution < 1.29 is 14.3 Å². The Kier molecular flexibility index (Phi) is 6.37. The molecule has 0 aliphatic rings. The summed E-state index contributed by atoms with van der Waals surface area (Å²) < 4.78 is 12.4. The molecule has 8 heteroatoms. The van der Waals surface area contributed by atoms with E-state index in [1.807, 2.05) is 61.5 Å². The van der Waals surface area contributed by atoms with E-state index >= 15 is 0 Å². The molecule has 158 valence electrons. The summed E-state index contributed by atoms with van der Waals surface area (Å²) in [6.07, 6.45) is 3.48. The average Bonchev–Trinajstić information content (AvgIpc) is 3.24. The maximum atomic E-state index is 12.4. The van der Waals surface area contributed by atoms with Gasteiger partial charge in [0.1, 0.15) is 16.5 Å². The van der Waals surface area contributed by atoms with Gasteiger partial charge in [-0.25, -0.2) is 9.50 Å². The standard InChI is InChI=1S/C23H22N4O3S/c1-3-30-19-10-6-17(7-11-19)25-22(28)15-31-23-21-14-20(26-27(21)13-12-24-23)16-4-8-18(29-2)9-5-16/h4-14H,3,15H2,1-2H3,(H,25,28). The van der Waals surface area contributed by atoms with Gasteiger partial charge in [-0.2, -0.15) is 5.10 Å². The van der Waals surface area contributed by atoms with Gasteiger partial charge in [0, 0.05) is 23.6 Å². The van der Waals surface area contributed by atoms with Crippen LogP contribution in [0.25, 0.3) is 16.8 Å². The molecule has 0 unspecified atom stereocenters. The number of hydrogen-bond acceptors (Lipinski definition) is 6. The SMILES string of the molecule is CCOc1ccc(NC(=O)CSc2nccn3nc(-c4ccc(OC)cc4)cc23)cc1. The number of thioether (sulfide) groups is 1. The van der Waals surface area contributed by atoms with Gasteiger partial charge in [0.2, 0.25) is 5.91 Å². The molecule has 0 bridgehead atoms. The Labute approximate surface area is 184 Å². The molecule has 0 atom stereocenters. The van der Waals surface area contributed by atoms with Gasteiger partial charge in [-0.15, -0.1) is 0 Å². The summed E-state index contributed by atoms with van der Waals surface area (Å²) in [7, 11) is 1.64. The molecule has 1 N–H and O–H groups in total. The Hall–Kier alpha value is -3.52. The zero-order valence-corrected chi connectivity index (χ0v) is 18.1. The van der Waals surface area contributed by atoms with E-state index in [-0.39, 0.29) is 11.7 Å². The van der Waals surface area contributed by atoms with E-state index in [0.29, 0.717) is 6.61 Å². The first-order valence-electron chi connectivity index (χ1n) is 9.80. The second kappa shape index (κ2) is 9.53. The van der Waals surface area contributed by atoms with Gasteiger partial charge in [-0.05, 0) is 61.5 Å². The molecule has 0 saturated carbocycles. The van der Waals surface area contributed by atoms with Gasteiger partial charge >= 0.3 is 0 Å². The average molecular weight is 435 g/mol. The van der Waals surface area contributed by atoms with E-state index < -0.39 is 0 Å². The summed E-state index contributed by atoms with van der Waals surface area (Å²) >= 11 is 1.37. The van der Waals surface area contributed by atoms with Crippen molar-refractivity contribution in [3.8, 4) is 22.8 Å². The molecular weight excluding hydrogens is 412 g/mol. The van der Waals surface area contributed by atoms with Gasteiger partial charge in [-0.1, -0.05) is 11.8 Å². The number of anilines is 1. The molecular formula is C23H22N4O3S. The third-order valence-electron chi connectivity index (χ3n) is 4.53. The zero-order valence-electron chi connectivity index (χ0n) is 17.2. The van der Waals surface area contributed by atoms with Crippen LogP contribution in [-0.4, -0.2) is 40.0 Å². The number of carbonyl (C=O) groups is 1. The lowest BCUT2D eigenvalue weighted by Gasteiger charge is -2.07. The number of hydrogen-bond donors (Lipinski definition) is 1. The summed E-state index contributed by atoms with van der Waals surface area (Å²) in [5.74, 6) is 1.71. The van der Waals surface area contributed by atoms with Crippen molar-refractivity contribution >= 4 is 28.9 Å². The van der Waals surface area contributed by atoms with Crippen LogP contribution < -0.4 is 14.8 Å². The number of fused-ring (bicyclic) bond motifs is 1. The molecule has 2 heterocycles. The topological polar surface area (TPSA) is 77.8 Å². The summed E-state index contributed by atoms with van der Waals surface area (Å²) in [6, 6.07) is 17.0. The molecule has 0 aliphatic carbocycles. The fraction of sp³-hybridized carbons (Fsp3) is 0.174. The Balaban J connectivity index is 1.44. The molecule has 4 rings (SSSR count). The van der Waals surface area contributed by atoms with Gasteiger partial charge < -0.3 is 14.8 Å². The molecule has 7 nitrogen and oxygen atoms in total. The van der Waals surface area contributed by atoms with Crippen LogP contribution in [0.4, 0.5) is 5.69 Å². The summed E-state index contributed by atoms with van der Waals surface area (Å²) in [6.45, 7) is 2.54. The minimum atomic E-state index is -0.104. The molecule has 0 saturated heterocycles. The van der Waals surface area contributed by atoms with Crippen LogP contribution in [0.2, 0.25) is 0 Å². The minimum absolute atomic E-state index is 0.104. The highest BCUT2D eigenvalue weighted by molar-refractivity contribution is 8.00. The smallest absolute Gasteiger partial charge is 0.234 e. The van der Waals surface area contributed by atoms with Gasteiger partial charge in [0.25, 0.3) is 0 Å². The first kappa shape index (κ1) is 20.7. The van der Waals surface area contributed by atoms with Crippen LogP contribution >= 0.6 is 11.8 Å². The van der Waals surface area contributed by atoms with Crippen LogP contribution in [0, 0.1) is 0 Å². The first-order valence-corrected chi connectivity index (χ1v) is 10.8. The number of carbonyl (C=O) groups excluding carboxylic acids is 1. The van der Waals surface area contributed by atoms with Crippen LogP contribution in [0.5, 0.6) is 11.5 Å². The molecule has 0 aliphatic heterocycles. The number of nitrogens with zero attached hydrogens (tertiary/aromatic N) is 3. The van der Waals surface area contributed by atoms with Crippen LogP contribution in [0.1, 0.15) is 6.92 Å². The Morgan fingerprint density at radius 2 is 1.84 bits per heavy atom. The van der Waals surface area contributed by atoms with Crippen molar-refractivity contribution in [1.82, 2.24) is 14.6 Å². The fourth-order valence-corrected chi connectivity index (χ4v) is 3.82. The highest BCUT2D eigenvalue weighted by atomic mass is 32.2.